The van der Waals surface area contributed by atoms with E-state index in [9.17, 15) is 9.59 Å². The number of hydrogen-bond acceptors (Lipinski definition) is 4. The summed E-state index contributed by atoms with van der Waals surface area (Å²) in [6.07, 6.45) is 12.2. The first-order valence-electron chi connectivity index (χ1n) is 8.67. The second kappa shape index (κ2) is 7.30. The molecule has 0 atom stereocenters. The van der Waals surface area contributed by atoms with Gasteiger partial charge in [-0.15, -0.1) is 0 Å². The Morgan fingerprint density at radius 3 is 1.36 bits per heavy atom. The van der Waals surface area contributed by atoms with Gasteiger partial charge in [0, 0.05) is 12.2 Å². The van der Waals surface area contributed by atoms with Crippen molar-refractivity contribution < 1.29 is 19.1 Å². The Bertz CT molecular complexity index is 386. The maximum atomic E-state index is 11.9. The van der Waals surface area contributed by atoms with Crippen molar-refractivity contribution in [3.63, 3.8) is 0 Å². The molecule has 0 aromatic heterocycles. The van der Waals surface area contributed by atoms with Crippen LogP contribution in [0, 0.1) is 0 Å². The van der Waals surface area contributed by atoms with E-state index in [0.717, 1.165) is 64.2 Å². The van der Waals surface area contributed by atoms with Crippen LogP contribution in [0.5, 0.6) is 0 Å². The third-order valence-electron chi connectivity index (χ3n) is 5.31. The molecule has 0 bridgehead atoms. The van der Waals surface area contributed by atoms with E-state index in [4.69, 9.17) is 9.47 Å². The average molecular weight is 308 g/mol. The van der Waals surface area contributed by atoms with Crippen molar-refractivity contribution in [3.05, 3.63) is 12.2 Å². The first kappa shape index (κ1) is 17.0. The normalized spacial score (nSPS) is 22.8. The van der Waals surface area contributed by atoms with Crippen LogP contribution >= 0.6 is 0 Å². The molecule has 0 spiro atoms. The lowest BCUT2D eigenvalue weighted by Crippen LogP contribution is -2.31. The zero-order valence-electron chi connectivity index (χ0n) is 13.9. The SMILES string of the molecule is CCC1(OC(=O)/C=C/C(=O)OC2(CC)CCCC2)CCCC1. The third-order valence-corrected chi connectivity index (χ3v) is 5.31. The molecule has 2 aliphatic carbocycles. The predicted molar refractivity (Wildman–Crippen MR) is 84.3 cm³/mol. The van der Waals surface area contributed by atoms with Gasteiger partial charge in [-0.25, -0.2) is 9.59 Å². The molecule has 0 saturated heterocycles. The zero-order chi connectivity index (χ0) is 16.1. The van der Waals surface area contributed by atoms with Gasteiger partial charge in [0.1, 0.15) is 11.2 Å². The molecule has 0 aliphatic heterocycles. The van der Waals surface area contributed by atoms with Crippen LogP contribution in [0.1, 0.15) is 78.1 Å². The van der Waals surface area contributed by atoms with Crippen molar-refractivity contribution in [2.75, 3.05) is 0 Å². The summed E-state index contributed by atoms with van der Waals surface area (Å²) in [4.78, 5) is 23.9. The fraction of sp³-hybridized carbons (Fsp3) is 0.778. The van der Waals surface area contributed by atoms with Crippen molar-refractivity contribution in [1.82, 2.24) is 0 Å². The molecule has 0 aromatic carbocycles. The van der Waals surface area contributed by atoms with Crippen molar-refractivity contribution in [3.8, 4) is 0 Å². The van der Waals surface area contributed by atoms with E-state index in [-0.39, 0.29) is 11.2 Å². The Balaban J connectivity index is 1.85. The number of esters is 2. The minimum absolute atomic E-state index is 0.318. The van der Waals surface area contributed by atoms with Gasteiger partial charge in [-0.3, -0.25) is 0 Å². The second-order valence-electron chi connectivity index (χ2n) is 6.66. The highest BCUT2D eigenvalue weighted by atomic mass is 16.6. The summed E-state index contributed by atoms with van der Waals surface area (Å²) in [5, 5.41) is 0. The lowest BCUT2D eigenvalue weighted by molar-refractivity contribution is -0.156. The topological polar surface area (TPSA) is 52.6 Å². The highest BCUT2D eigenvalue weighted by molar-refractivity contribution is 5.92. The van der Waals surface area contributed by atoms with Crippen LogP contribution in [-0.4, -0.2) is 23.1 Å². The predicted octanol–water partition coefficient (Wildman–Crippen LogP) is 4.07. The first-order valence-corrected chi connectivity index (χ1v) is 8.67. The maximum absolute atomic E-state index is 11.9. The number of rotatable bonds is 6. The lowest BCUT2D eigenvalue weighted by atomic mass is 9.99. The van der Waals surface area contributed by atoms with Crippen LogP contribution in [0.25, 0.3) is 0 Å². The van der Waals surface area contributed by atoms with Crippen molar-refractivity contribution in [1.29, 1.82) is 0 Å². The summed E-state index contributed by atoms with van der Waals surface area (Å²) in [5.41, 5.74) is -0.636. The molecule has 2 fully saturated rings. The largest absolute Gasteiger partial charge is 0.456 e. The molecule has 0 aromatic rings. The minimum atomic E-state index is -0.433. The van der Waals surface area contributed by atoms with Gasteiger partial charge in [-0.05, 0) is 64.2 Å². The number of hydrogen-bond donors (Lipinski definition) is 0. The summed E-state index contributed by atoms with van der Waals surface area (Å²) >= 11 is 0. The van der Waals surface area contributed by atoms with E-state index >= 15 is 0 Å². The van der Waals surface area contributed by atoms with Crippen LogP contribution in [0.4, 0.5) is 0 Å². The molecule has 2 rings (SSSR count). The molecule has 0 unspecified atom stereocenters. The Morgan fingerprint density at radius 2 is 1.09 bits per heavy atom. The summed E-state index contributed by atoms with van der Waals surface area (Å²) in [6, 6.07) is 0. The van der Waals surface area contributed by atoms with Gasteiger partial charge in [-0.1, -0.05) is 13.8 Å². The summed E-state index contributed by atoms with van der Waals surface area (Å²) in [7, 11) is 0. The van der Waals surface area contributed by atoms with Crippen LogP contribution in [-0.2, 0) is 19.1 Å². The second-order valence-corrected chi connectivity index (χ2v) is 6.66. The van der Waals surface area contributed by atoms with Crippen LogP contribution < -0.4 is 0 Å². The molecular weight excluding hydrogens is 280 g/mol. The molecule has 124 valence electrons. The van der Waals surface area contributed by atoms with Gasteiger partial charge in [0.2, 0.25) is 0 Å². The van der Waals surface area contributed by atoms with Gasteiger partial charge < -0.3 is 9.47 Å². The molecule has 0 heterocycles. The third kappa shape index (κ3) is 4.11. The Kier molecular flexibility index (Phi) is 5.65. The van der Waals surface area contributed by atoms with Crippen LogP contribution in [0.3, 0.4) is 0 Å². The smallest absolute Gasteiger partial charge is 0.331 e. The molecular formula is C18H28O4. The van der Waals surface area contributed by atoms with Gasteiger partial charge >= 0.3 is 11.9 Å². The highest BCUT2D eigenvalue weighted by Crippen LogP contribution is 2.37. The standard InChI is InChI=1S/C18H28O4/c1-3-17(11-5-6-12-17)21-15(19)9-10-16(20)22-18(4-2)13-7-8-14-18/h9-10H,3-8,11-14H2,1-2H3/b10-9+. The van der Waals surface area contributed by atoms with Crippen LogP contribution in [0.15, 0.2) is 12.2 Å². The zero-order valence-corrected chi connectivity index (χ0v) is 13.9. The monoisotopic (exact) mass is 308 g/mol. The van der Waals surface area contributed by atoms with Crippen LogP contribution in [0.2, 0.25) is 0 Å². The molecule has 0 amide bonds. The molecule has 0 N–H and O–H groups in total. The van der Waals surface area contributed by atoms with Gasteiger partial charge in [0.05, 0.1) is 0 Å². The summed E-state index contributed by atoms with van der Waals surface area (Å²) in [5.74, 6) is -0.865. The Hall–Kier alpha value is -1.32. The molecule has 22 heavy (non-hydrogen) atoms. The van der Waals surface area contributed by atoms with E-state index in [1.807, 2.05) is 13.8 Å². The summed E-state index contributed by atoms with van der Waals surface area (Å²) in [6.45, 7) is 4.09. The van der Waals surface area contributed by atoms with E-state index in [2.05, 4.69) is 0 Å². The Morgan fingerprint density at radius 1 is 0.773 bits per heavy atom. The number of carbonyl (C=O) groups excluding carboxylic acids is 2. The van der Waals surface area contributed by atoms with Gasteiger partial charge in [-0.2, -0.15) is 0 Å². The molecule has 4 nitrogen and oxygen atoms in total. The Labute approximate surface area is 133 Å². The first-order chi connectivity index (χ1) is 10.5. The fourth-order valence-electron chi connectivity index (χ4n) is 3.73. The van der Waals surface area contributed by atoms with Gasteiger partial charge in [0.15, 0.2) is 0 Å². The molecule has 2 saturated carbocycles. The lowest BCUT2D eigenvalue weighted by Gasteiger charge is -2.27. The fourth-order valence-corrected chi connectivity index (χ4v) is 3.73. The van der Waals surface area contributed by atoms with Crippen molar-refractivity contribution in [2.24, 2.45) is 0 Å². The van der Waals surface area contributed by atoms with Crippen molar-refractivity contribution in [2.45, 2.75) is 89.3 Å². The molecule has 2 aliphatic rings. The number of ether oxygens (including phenoxy) is 2. The van der Waals surface area contributed by atoms with E-state index < -0.39 is 11.9 Å². The van der Waals surface area contributed by atoms with Gasteiger partial charge in [0.25, 0.3) is 0 Å². The molecule has 0 radical (unpaired) electrons. The summed E-state index contributed by atoms with van der Waals surface area (Å²) < 4.78 is 11.2. The number of carbonyl (C=O) groups is 2. The minimum Gasteiger partial charge on any atom is -0.456 e. The highest BCUT2D eigenvalue weighted by Gasteiger charge is 2.36. The van der Waals surface area contributed by atoms with E-state index in [1.165, 1.54) is 12.2 Å². The molecule has 4 heteroatoms. The maximum Gasteiger partial charge on any atom is 0.331 e. The van der Waals surface area contributed by atoms with E-state index in [1.54, 1.807) is 0 Å². The van der Waals surface area contributed by atoms with E-state index in [0.29, 0.717) is 0 Å². The average Bonchev–Trinajstić information content (AvgIpc) is 3.16. The quantitative estimate of drug-likeness (QED) is 0.548. The van der Waals surface area contributed by atoms with Crippen molar-refractivity contribution >= 4 is 11.9 Å².